The van der Waals surface area contributed by atoms with Gasteiger partial charge in [-0.15, -0.1) is 11.3 Å². The number of amides is 2. The molecule has 2 rings (SSSR count). The molecule has 0 aliphatic heterocycles. The van der Waals surface area contributed by atoms with Gasteiger partial charge in [0.05, 0.1) is 6.54 Å². The van der Waals surface area contributed by atoms with Crippen LogP contribution in [0.2, 0.25) is 0 Å². The van der Waals surface area contributed by atoms with Gasteiger partial charge in [-0.2, -0.15) is 0 Å². The number of carbonyl (C=O) groups is 1. The highest BCUT2D eigenvalue weighted by Crippen LogP contribution is 2.23. The summed E-state index contributed by atoms with van der Waals surface area (Å²) in [4.78, 5) is 15.2. The van der Waals surface area contributed by atoms with Crippen molar-refractivity contribution < 1.29 is 4.79 Å². The van der Waals surface area contributed by atoms with Crippen LogP contribution in [0.15, 0.2) is 11.4 Å². The first-order valence-corrected chi connectivity index (χ1v) is 7.99. The van der Waals surface area contributed by atoms with Crippen molar-refractivity contribution in [3.05, 3.63) is 21.9 Å². The lowest BCUT2D eigenvalue weighted by molar-refractivity contribution is 0.196. The Kier molecular flexibility index (Phi) is 4.86. The van der Waals surface area contributed by atoms with E-state index in [1.807, 2.05) is 7.05 Å². The number of hydrogen-bond acceptors (Lipinski definition) is 2. The summed E-state index contributed by atoms with van der Waals surface area (Å²) in [6, 6.07) is 2.54. The molecule has 0 bridgehead atoms. The van der Waals surface area contributed by atoms with Gasteiger partial charge in [-0.05, 0) is 55.5 Å². The van der Waals surface area contributed by atoms with Crippen LogP contribution < -0.4 is 5.32 Å². The van der Waals surface area contributed by atoms with Crippen molar-refractivity contribution in [2.45, 2.75) is 52.1 Å². The van der Waals surface area contributed by atoms with Gasteiger partial charge in [-0.25, -0.2) is 4.79 Å². The van der Waals surface area contributed by atoms with Crippen LogP contribution in [0.25, 0.3) is 0 Å². The molecule has 3 nitrogen and oxygen atoms in total. The molecule has 1 aliphatic carbocycles. The number of urea groups is 1. The molecule has 0 aromatic carbocycles. The Labute approximate surface area is 120 Å². The number of nitrogens with one attached hydrogen (secondary N) is 1. The Balaban J connectivity index is 1.81. The molecule has 0 atom stereocenters. The summed E-state index contributed by atoms with van der Waals surface area (Å²) in [7, 11) is 1.87. The minimum Gasteiger partial charge on any atom is -0.335 e. The lowest BCUT2D eigenvalue weighted by Gasteiger charge is -2.29. The van der Waals surface area contributed by atoms with Crippen LogP contribution in [0.5, 0.6) is 0 Å². The summed E-state index contributed by atoms with van der Waals surface area (Å²) in [6.45, 7) is 5.10. The monoisotopic (exact) mass is 280 g/mol. The average Bonchev–Trinajstić information content (AvgIpc) is 2.78. The SMILES string of the molecule is Cc1ccsc1CN(C)C(=O)NC1CCC(C)CC1. The Bertz CT molecular complexity index is 422. The molecule has 0 unspecified atom stereocenters. The van der Waals surface area contributed by atoms with Crippen molar-refractivity contribution in [3.8, 4) is 0 Å². The first-order chi connectivity index (χ1) is 9.06. The van der Waals surface area contributed by atoms with Gasteiger partial charge < -0.3 is 10.2 Å². The van der Waals surface area contributed by atoms with E-state index >= 15 is 0 Å². The molecule has 1 aliphatic rings. The van der Waals surface area contributed by atoms with Gasteiger partial charge in [-0.3, -0.25) is 0 Å². The summed E-state index contributed by atoms with van der Waals surface area (Å²) in [5.74, 6) is 0.819. The second-order valence-corrected chi connectivity index (χ2v) is 6.79. The third-order valence-corrected chi connectivity index (χ3v) is 5.05. The number of hydrogen-bond donors (Lipinski definition) is 1. The van der Waals surface area contributed by atoms with Crippen LogP contribution in [0.4, 0.5) is 4.79 Å². The molecule has 19 heavy (non-hydrogen) atoms. The fourth-order valence-corrected chi connectivity index (χ4v) is 3.50. The van der Waals surface area contributed by atoms with E-state index in [-0.39, 0.29) is 6.03 Å². The average molecular weight is 280 g/mol. The molecular formula is C15H24N2OS. The van der Waals surface area contributed by atoms with Crippen LogP contribution in [-0.2, 0) is 6.54 Å². The number of nitrogens with zero attached hydrogens (tertiary/aromatic N) is 1. The summed E-state index contributed by atoms with van der Waals surface area (Å²) in [5.41, 5.74) is 1.27. The molecule has 0 spiro atoms. The molecule has 2 amide bonds. The molecule has 0 saturated heterocycles. The van der Waals surface area contributed by atoms with Crippen LogP contribution in [0.3, 0.4) is 0 Å². The molecule has 106 valence electrons. The van der Waals surface area contributed by atoms with Gasteiger partial charge in [0.25, 0.3) is 0 Å². The summed E-state index contributed by atoms with van der Waals surface area (Å²) in [6.07, 6.45) is 4.72. The zero-order chi connectivity index (χ0) is 13.8. The molecule has 4 heteroatoms. The van der Waals surface area contributed by atoms with Crippen molar-refractivity contribution in [1.82, 2.24) is 10.2 Å². The van der Waals surface area contributed by atoms with E-state index in [9.17, 15) is 4.79 Å². The normalized spacial score (nSPS) is 23.1. The fraction of sp³-hybridized carbons (Fsp3) is 0.667. The predicted octanol–water partition coefficient (Wildman–Crippen LogP) is 3.78. The maximum Gasteiger partial charge on any atom is 0.317 e. The zero-order valence-corrected chi connectivity index (χ0v) is 12.9. The third-order valence-electron chi connectivity index (χ3n) is 4.04. The highest BCUT2D eigenvalue weighted by atomic mass is 32.1. The quantitative estimate of drug-likeness (QED) is 0.898. The molecule has 1 aromatic rings. The molecule has 1 heterocycles. The zero-order valence-electron chi connectivity index (χ0n) is 12.1. The second kappa shape index (κ2) is 6.42. The first-order valence-electron chi connectivity index (χ1n) is 7.11. The van der Waals surface area contributed by atoms with Gasteiger partial charge in [0.1, 0.15) is 0 Å². The lowest BCUT2D eigenvalue weighted by Crippen LogP contribution is -2.44. The lowest BCUT2D eigenvalue weighted by atomic mass is 9.87. The molecule has 1 saturated carbocycles. The van der Waals surface area contributed by atoms with E-state index in [1.165, 1.54) is 23.3 Å². The van der Waals surface area contributed by atoms with E-state index < -0.39 is 0 Å². The van der Waals surface area contributed by atoms with Crippen molar-refractivity contribution in [2.75, 3.05) is 7.05 Å². The summed E-state index contributed by atoms with van der Waals surface area (Å²) >= 11 is 1.72. The fourth-order valence-electron chi connectivity index (χ4n) is 2.54. The Hall–Kier alpha value is -1.03. The summed E-state index contributed by atoms with van der Waals surface area (Å²) < 4.78 is 0. The molecule has 1 N–H and O–H groups in total. The minimum absolute atomic E-state index is 0.0624. The Morgan fingerprint density at radius 3 is 2.68 bits per heavy atom. The third kappa shape index (κ3) is 3.96. The Morgan fingerprint density at radius 2 is 2.11 bits per heavy atom. The number of rotatable bonds is 3. The number of aryl methyl sites for hydroxylation is 1. The van der Waals surface area contributed by atoms with Gasteiger partial charge >= 0.3 is 6.03 Å². The largest absolute Gasteiger partial charge is 0.335 e. The smallest absolute Gasteiger partial charge is 0.317 e. The molecule has 0 radical (unpaired) electrons. The highest BCUT2D eigenvalue weighted by molar-refractivity contribution is 7.10. The van der Waals surface area contributed by atoms with E-state index in [0.29, 0.717) is 12.6 Å². The van der Waals surface area contributed by atoms with Crippen molar-refractivity contribution in [2.24, 2.45) is 5.92 Å². The maximum absolute atomic E-state index is 12.1. The van der Waals surface area contributed by atoms with Gasteiger partial charge in [0, 0.05) is 18.0 Å². The van der Waals surface area contributed by atoms with Crippen LogP contribution >= 0.6 is 11.3 Å². The van der Waals surface area contributed by atoms with Gasteiger partial charge in [0.15, 0.2) is 0 Å². The standard InChI is InChI=1S/C15H24N2OS/c1-11-4-6-13(7-5-11)16-15(18)17(3)10-14-12(2)8-9-19-14/h8-9,11,13H,4-7,10H2,1-3H3,(H,16,18). The van der Waals surface area contributed by atoms with E-state index in [1.54, 1.807) is 16.2 Å². The van der Waals surface area contributed by atoms with Crippen molar-refractivity contribution >= 4 is 17.4 Å². The van der Waals surface area contributed by atoms with Crippen LogP contribution in [0.1, 0.15) is 43.0 Å². The van der Waals surface area contributed by atoms with E-state index in [2.05, 4.69) is 30.6 Å². The summed E-state index contributed by atoms with van der Waals surface area (Å²) in [5, 5.41) is 5.24. The predicted molar refractivity (Wildman–Crippen MR) is 80.5 cm³/mol. The number of thiophene rings is 1. The van der Waals surface area contributed by atoms with Crippen LogP contribution in [-0.4, -0.2) is 24.0 Å². The molecular weight excluding hydrogens is 256 g/mol. The van der Waals surface area contributed by atoms with Gasteiger partial charge in [0.2, 0.25) is 0 Å². The molecule has 1 aromatic heterocycles. The van der Waals surface area contributed by atoms with Crippen molar-refractivity contribution in [1.29, 1.82) is 0 Å². The Morgan fingerprint density at radius 1 is 1.42 bits per heavy atom. The number of carbonyl (C=O) groups excluding carboxylic acids is 1. The first kappa shape index (κ1) is 14.4. The van der Waals surface area contributed by atoms with E-state index in [0.717, 1.165) is 18.8 Å². The minimum atomic E-state index is 0.0624. The van der Waals surface area contributed by atoms with E-state index in [4.69, 9.17) is 0 Å². The van der Waals surface area contributed by atoms with Crippen LogP contribution in [0, 0.1) is 12.8 Å². The molecule has 1 fully saturated rings. The van der Waals surface area contributed by atoms with Crippen molar-refractivity contribution in [3.63, 3.8) is 0 Å². The second-order valence-electron chi connectivity index (χ2n) is 5.79. The maximum atomic E-state index is 12.1. The topological polar surface area (TPSA) is 32.3 Å². The van der Waals surface area contributed by atoms with Gasteiger partial charge in [-0.1, -0.05) is 6.92 Å². The highest BCUT2D eigenvalue weighted by Gasteiger charge is 2.21.